The van der Waals surface area contributed by atoms with Gasteiger partial charge < -0.3 is 14.7 Å². The van der Waals surface area contributed by atoms with Crippen LogP contribution in [0, 0.1) is 5.82 Å². The SMILES string of the molecule is COc1ccc2sc(C(=O)O)c(SC(c3ccccc3)C(C)N(C)C(C)=O)c2c1F. The van der Waals surface area contributed by atoms with E-state index in [4.69, 9.17) is 4.74 Å². The lowest BCUT2D eigenvalue weighted by atomic mass is 10.1. The van der Waals surface area contributed by atoms with Gasteiger partial charge in [-0.2, -0.15) is 0 Å². The number of hydrogen-bond donors (Lipinski definition) is 1. The maximum Gasteiger partial charge on any atom is 0.347 e. The van der Waals surface area contributed by atoms with Gasteiger partial charge in [-0.05, 0) is 24.6 Å². The van der Waals surface area contributed by atoms with Crippen molar-refractivity contribution in [2.75, 3.05) is 14.2 Å². The number of hydrogen-bond acceptors (Lipinski definition) is 5. The Labute approximate surface area is 182 Å². The molecular formula is C22H22FNO4S2. The van der Waals surface area contributed by atoms with E-state index >= 15 is 4.39 Å². The molecule has 0 aliphatic rings. The van der Waals surface area contributed by atoms with Crippen molar-refractivity contribution in [2.45, 2.75) is 30.0 Å². The number of carbonyl (C=O) groups excluding carboxylic acids is 1. The van der Waals surface area contributed by atoms with Gasteiger partial charge in [0.25, 0.3) is 0 Å². The number of carbonyl (C=O) groups is 2. The Morgan fingerprint density at radius 1 is 1.20 bits per heavy atom. The van der Waals surface area contributed by atoms with E-state index in [9.17, 15) is 14.7 Å². The van der Waals surface area contributed by atoms with E-state index < -0.39 is 11.8 Å². The highest BCUT2D eigenvalue weighted by molar-refractivity contribution is 8.00. The van der Waals surface area contributed by atoms with Crippen LogP contribution < -0.4 is 4.74 Å². The zero-order chi connectivity index (χ0) is 22.0. The van der Waals surface area contributed by atoms with E-state index in [-0.39, 0.29) is 33.2 Å². The molecule has 0 saturated carbocycles. The summed E-state index contributed by atoms with van der Waals surface area (Å²) in [7, 11) is 3.08. The quantitative estimate of drug-likeness (QED) is 0.488. The summed E-state index contributed by atoms with van der Waals surface area (Å²) < 4.78 is 20.8. The summed E-state index contributed by atoms with van der Waals surface area (Å²) in [6.45, 7) is 3.38. The van der Waals surface area contributed by atoms with Crippen LogP contribution in [0.5, 0.6) is 5.75 Å². The molecule has 0 radical (unpaired) electrons. The van der Waals surface area contributed by atoms with Crippen molar-refractivity contribution in [3.05, 3.63) is 58.7 Å². The van der Waals surface area contributed by atoms with Crippen molar-refractivity contribution < 1.29 is 23.8 Å². The van der Waals surface area contributed by atoms with Crippen LogP contribution in [0.4, 0.5) is 4.39 Å². The number of methoxy groups -OCH3 is 1. The van der Waals surface area contributed by atoms with E-state index in [1.807, 2.05) is 37.3 Å². The minimum Gasteiger partial charge on any atom is -0.494 e. The second-order valence-electron chi connectivity index (χ2n) is 6.84. The van der Waals surface area contributed by atoms with E-state index in [1.165, 1.54) is 31.9 Å². The largest absolute Gasteiger partial charge is 0.494 e. The highest BCUT2D eigenvalue weighted by Gasteiger charge is 2.30. The molecule has 0 spiro atoms. The highest BCUT2D eigenvalue weighted by Crippen LogP contribution is 2.48. The molecule has 2 unspecified atom stereocenters. The fraction of sp³-hybridized carbons (Fsp3) is 0.273. The molecule has 0 aliphatic heterocycles. The minimum absolute atomic E-state index is 0.0595. The topological polar surface area (TPSA) is 66.8 Å². The van der Waals surface area contributed by atoms with Crippen LogP contribution in [0.25, 0.3) is 10.1 Å². The number of rotatable bonds is 7. The van der Waals surface area contributed by atoms with Gasteiger partial charge in [-0.25, -0.2) is 9.18 Å². The van der Waals surface area contributed by atoms with Gasteiger partial charge in [0.2, 0.25) is 5.91 Å². The van der Waals surface area contributed by atoms with E-state index in [2.05, 4.69) is 0 Å². The first-order chi connectivity index (χ1) is 14.3. The third kappa shape index (κ3) is 4.15. The number of aromatic carboxylic acids is 1. The molecule has 2 atom stereocenters. The Hall–Kier alpha value is -2.58. The molecule has 8 heteroatoms. The average molecular weight is 448 g/mol. The minimum atomic E-state index is -1.11. The van der Waals surface area contributed by atoms with Gasteiger partial charge in [-0.15, -0.1) is 23.1 Å². The van der Waals surface area contributed by atoms with Gasteiger partial charge in [0, 0.05) is 35.0 Å². The first-order valence-corrected chi connectivity index (χ1v) is 10.9. The molecule has 158 valence electrons. The Kier molecular flexibility index (Phi) is 6.67. The molecule has 0 saturated heterocycles. The van der Waals surface area contributed by atoms with Crippen LogP contribution in [0.1, 0.15) is 34.3 Å². The van der Waals surface area contributed by atoms with Gasteiger partial charge in [0.05, 0.1) is 12.4 Å². The fourth-order valence-corrected chi connectivity index (χ4v) is 5.93. The molecule has 0 aliphatic carbocycles. The Morgan fingerprint density at radius 3 is 2.43 bits per heavy atom. The van der Waals surface area contributed by atoms with Crippen molar-refractivity contribution in [2.24, 2.45) is 0 Å². The lowest BCUT2D eigenvalue weighted by molar-refractivity contribution is -0.129. The predicted molar refractivity (Wildman–Crippen MR) is 118 cm³/mol. The number of fused-ring (bicyclic) bond motifs is 1. The number of carboxylic acids is 1. The maximum absolute atomic E-state index is 15.2. The average Bonchev–Trinajstić information content (AvgIpc) is 3.11. The predicted octanol–water partition coefficient (Wildman–Crippen LogP) is 5.45. The fourth-order valence-electron chi connectivity index (χ4n) is 3.22. The Balaban J connectivity index is 2.19. The van der Waals surface area contributed by atoms with Crippen molar-refractivity contribution in [3.8, 4) is 5.75 Å². The highest BCUT2D eigenvalue weighted by atomic mass is 32.2. The van der Waals surface area contributed by atoms with Crippen molar-refractivity contribution in [3.63, 3.8) is 0 Å². The monoisotopic (exact) mass is 447 g/mol. The zero-order valence-corrected chi connectivity index (χ0v) is 18.6. The number of thiophene rings is 1. The van der Waals surface area contributed by atoms with Crippen molar-refractivity contribution >= 4 is 45.1 Å². The van der Waals surface area contributed by atoms with Crippen LogP contribution in [-0.4, -0.2) is 42.1 Å². The molecule has 30 heavy (non-hydrogen) atoms. The third-order valence-electron chi connectivity index (χ3n) is 5.05. The normalized spacial score (nSPS) is 13.1. The van der Waals surface area contributed by atoms with Gasteiger partial charge in [-0.3, -0.25) is 4.79 Å². The van der Waals surface area contributed by atoms with Crippen LogP contribution in [0.3, 0.4) is 0 Å². The summed E-state index contributed by atoms with van der Waals surface area (Å²) in [5, 5.41) is 9.71. The van der Waals surface area contributed by atoms with Gasteiger partial charge in [0.1, 0.15) is 4.88 Å². The van der Waals surface area contributed by atoms with E-state index in [0.717, 1.165) is 16.9 Å². The second kappa shape index (κ2) is 9.06. The molecule has 3 rings (SSSR count). The summed E-state index contributed by atoms with van der Waals surface area (Å²) in [5.41, 5.74) is 0.919. The number of thioether (sulfide) groups is 1. The van der Waals surface area contributed by atoms with Crippen LogP contribution >= 0.6 is 23.1 Å². The molecule has 0 bridgehead atoms. The lowest BCUT2D eigenvalue weighted by Gasteiger charge is -2.31. The molecule has 3 aromatic rings. The smallest absolute Gasteiger partial charge is 0.347 e. The number of ether oxygens (including phenoxy) is 1. The van der Waals surface area contributed by atoms with E-state index in [0.29, 0.717) is 9.60 Å². The first-order valence-electron chi connectivity index (χ1n) is 9.23. The number of carboxylic acid groups (broad SMARTS) is 1. The Morgan fingerprint density at radius 2 is 1.87 bits per heavy atom. The summed E-state index contributed by atoms with van der Waals surface area (Å²) in [5.74, 6) is -1.74. The summed E-state index contributed by atoms with van der Waals surface area (Å²) >= 11 is 2.29. The number of halogens is 1. The number of likely N-dealkylation sites (N-methyl/N-ethyl adjacent to an activating group) is 1. The standard InChI is InChI=1S/C22H22FNO4S2/c1-12(24(3)13(2)25)19(14-8-6-5-7-9-14)30-20-17-16(29-21(20)22(26)27)11-10-15(28-4)18(17)23/h5-12,19H,1-4H3,(H,26,27). The molecule has 1 aromatic heterocycles. The molecule has 5 nitrogen and oxygen atoms in total. The number of amides is 1. The molecule has 2 aromatic carbocycles. The second-order valence-corrected chi connectivity index (χ2v) is 9.04. The van der Waals surface area contributed by atoms with Gasteiger partial charge >= 0.3 is 5.97 Å². The summed E-state index contributed by atoms with van der Waals surface area (Å²) in [4.78, 5) is 26.0. The van der Waals surface area contributed by atoms with Gasteiger partial charge in [0.15, 0.2) is 11.6 Å². The van der Waals surface area contributed by atoms with E-state index in [1.54, 1.807) is 18.0 Å². The molecule has 1 N–H and O–H groups in total. The third-order valence-corrected chi connectivity index (χ3v) is 7.88. The zero-order valence-electron chi connectivity index (χ0n) is 17.0. The molecule has 1 amide bonds. The Bertz CT molecular complexity index is 1080. The van der Waals surface area contributed by atoms with Crippen molar-refractivity contribution in [1.82, 2.24) is 4.90 Å². The lowest BCUT2D eigenvalue weighted by Crippen LogP contribution is -2.36. The van der Waals surface area contributed by atoms with Gasteiger partial charge in [-0.1, -0.05) is 30.3 Å². The molecule has 1 heterocycles. The van der Waals surface area contributed by atoms with Crippen LogP contribution in [0.15, 0.2) is 47.4 Å². The first kappa shape index (κ1) is 22.1. The summed E-state index contributed by atoms with van der Waals surface area (Å²) in [6.07, 6.45) is 0. The molecular weight excluding hydrogens is 425 g/mol. The summed E-state index contributed by atoms with van der Waals surface area (Å²) in [6, 6.07) is 12.4. The number of benzene rings is 2. The van der Waals surface area contributed by atoms with Crippen LogP contribution in [0.2, 0.25) is 0 Å². The maximum atomic E-state index is 15.2. The van der Waals surface area contributed by atoms with Crippen LogP contribution in [-0.2, 0) is 4.79 Å². The molecule has 0 fully saturated rings. The van der Waals surface area contributed by atoms with Crippen molar-refractivity contribution in [1.29, 1.82) is 0 Å². The number of nitrogens with zero attached hydrogens (tertiary/aromatic N) is 1.